The van der Waals surface area contributed by atoms with E-state index >= 15 is 0 Å². The number of nitro benzene ring substituents is 1. The zero-order chi connectivity index (χ0) is 102. The van der Waals surface area contributed by atoms with Crippen molar-refractivity contribution in [1.82, 2.24) is 62.6 Å². The summed E-state index contributed by atoms with van der Waals surface area (Å²) in [6.07, 6.45) is 1.14. The fourth-order valence-electron chi connectivity index (χ4n) is 8.94. The molecule has 0 aliphatic carbocycles. The number of nitrogens with zero attached hydrogens (tertiary/aromatic N) is 1. The monoisotopic (exact) mass is 1960 g/mol. The van der Waals surface area contributed by atoms with Crippen LogP contribution >= 0.6 is 23.2 Å². The Kier molecular flexibility index (Phi) is 57.7. The lowest BCUT2D eigenvalue weighted by Gasteiger charge is -2.05. The number of aryl methyl sites for hydroxylation is 2. The molecule has 0 heterocycles. The molecule has 0 fully saturated rings. The van der Waals surface area contributed by atoms with Crippen LogP contribution in [0, 0.1) is 24.0 Å². The number of ether oxygens (including phenoxy) is 2. The van der Waals surface area contributed by atoms with E-state index in [4.69, 9.17) is 33.0 Å². The van der Waals surface area contributed by atoms with Crippen LogP contribution in [0.2, 0.25) is 10.0 Å². The number of hydrogen-bond acceptors (Lipinski definition) is 20. The molecule has 0 atom stereocenters. The molecule has 0 aromatic heterocycles. The van der Waals surface area contributed by atoms with E-state index in [0.717, 1.165) is 51.7 Å². The Morgan fingerprint density at radius 3 is 0.882 bits per heavy atom. The standard InChI is InChI=1S/C11H14N2O3.C10H13ClN2O.C10H12N2O3.C9H12N2O3S.C9H12N2O2.C9H12N2O.C8H9ClN2O.C8H9N3O3.C8H10N2O3S.C8H10N2O/c1-12-11(15)13-9-5-3-8(4-6-9)7-10(14)16-2;1-2-7-12-10(14)13-9-5-3-8(11)4-6-9;1-11-10(15)12-8-4-2-7(3-5-8)6-9(13)14;1-7-3-5-8(6-4-7)15(13,14)11-9(12)10-2;1-10-9(12)11-7-3-5-8(13-2)6-4-7;1-7-3-5-8(6-4-7)11-9(12)10-2;1-10-8(12)11-7-4-2-6(9)3-5-7;1-9-8(12)10-6-2-4-7(5-3-6)11(13)14;1-9-8(11)10-14(12,13)7-5-3-2-4-6-7;1-9-8(11)10-7-5-3-2-4-6-7/h3-6H,7H2,1-2H3,(H2,12,13,15);3-6H,2,7H2,1H3,(H2,12,13,14);2-5H,6H2,1H3,(H,13,14)(H2,11,12,15);3-6H,1-2H3,(H2,10,11,12);3-6H,1-2H3,(H2,10,11,12);3-6H,1-2H3,(H2,10,11,12);2-5H,1H3,(H2,10,11,12);2-5H,1H3,(H2,9,10,12);2-6H,1H3,(H2,9,10,11);2-6H,1H3,(H2,9,10,11). The molecule has 0 spiro atoms. The van der Waals surface area contributed by atoms with Gasteiger partial charge in [0.15, 0.2) is 0 Å². The van der Waals surface area contributed by atoms with Crippen LogP contribution in [-0.4, -0.2) is 183 Å². The number of nitrogens with one attached hydrogen (secondary N) is 20. The van der Waals surface area contributed by atoms with Gasteiger partial charge in [0.25, 0.3) is 25.7 Å². The SMILES string of the molecule is CCCNC(=O)Nc1ccc(Cl)cc1.CNC(=O)NS(=O)(=O)c1ccc(C)cc1.CNC(=O)NS(=O)(=O)c1ccccc1.CNC(=O)Nc1ccc(C)cc1.CNC(=O)Nc1ccc(CC(=O)O)cc1.CNC(=O)Nc1ccc(CC(=O)OC)cc1.CNC(=O)Nc1ccc(Cl)cc1.CNC(=O)Nc1ccc(OC)cc1.CNC(=O)Nc1ccc([N+](=O)[O-])cc1.CNC(=O)Nc1ccccc1. The van der Waals surface area contributed by atoms with Gasteiger partial charge in [-0.05, 0) is 189 Å². The highest BCUT2D eigenvalue weighted by molar-refractivity contribution is 7.90. The molecular weight excluding hydrogens is 1850 g/mol. The average molecular weight is 1960 g/mol. The maximum atomic E-state index is 11.5. The third-order valence-corrected chi connectivity index (χ3v) is 19.2. The van der Waals surface area contributed by atoms with Gasteiger partial charge in [0, 0.05) is 138 Å². The number of amides is 20. The van der Waals surface area contributed by atoms with Crippen molar-refractivity contribution in [3.8, 4) is 5.75 Å². The number of halogens is 2. The van der Waals surface area contributed by atoms with Crippen molar-refractivity contribution in [2.45, 2.75) is 49.8 Å². The van der Waals surface area contributed by atoms with Crippen molar-refractivity contribution < 1.29 is 93.9 Å². The molecule has 0 saturated carbocycles. The van der Waals surface area contributed by atoms with E-state index in [1.807, 2.05) is 84.8 Å². The summed E-state index contributed by atoms with van der Waals surface area (Å²) < 4.78 is 59.2. The summed E-state index contributed by atoms with van der Waals surface area (Å²) in [6, 6.07) is 67.5. The van der Waals surface area contributed by atoms with E-state index in [-0.39, 0.29) is 82.5 Å². The molecule has 42 nitrogen and oxygen atoms in total. The van der Waals surface area contributed by atoms with E-state index in [2.05, 4.69) is 100 Å². The first-order valence-electron chi connectivity index (χ1n) is 40.2. The largest absolute Gasteiger partial charge is 0.497 e. The number of carboxylic acids is 1. The maximum absolute atomic E-state index is 11.5. The first-order valence-corrected chi connectivity index (χ1v) is 43.9. The Morgan fingerprint density at radius 1 is 0.338 bits per heavy atom. The second kappa shape index (κ2) is 66.8. The van der Waals surface area contributed by atoms with Gasteiger partial charge in [-0.2, -0.15) is 0 Å². The predicted molar refractivity (Wildman–Crippen MR) is 528 cm³/mol. The number of anilines is 8. The fraction of sp³-hybridized carbons (Fsp3) is 0.200. The Hall–Kier alpha value is -16.5. The Bertz CT molecular complexity index is 5490. The lowest BCUT2D eigenvalue weighted by molar-refractivity contribution is -0.384. The van der Waals surface area contributed by atoms with Gasteiger partial charge in [-0.1, -0.05) is 126 Å². The Labute approximate surface area is 798 Å². The molecule has 0 bridgehead atoms. The van der Waals surface area contributed by atoms with Crippen molar-refractivity contribution in [2.75, 3.05) is 127 Å². The third kappa shape index (κ3) is 54.2. The first kappa shape index (κ1) is 118. The smallest absolute Gasteiger partial charge is 0.328 e. The van der Waals surface area contributed by atoms with Crippen molar-refractivity contribution in [3.63, 3.8) is 0 Å². The van der Waals surface area contributed by atoms with Gasteiger partial charge in [0.2, 0.25) is 0 Å². The molecule has 0 radical (unpaired) electrons. The third-order valence-electron chi connectivity index (χ3n) is 16.0. The summed E-state index contributed by atoms with van der Waals surface area (Å²) in [5.74, 6) is -0.392. The van der Waals surface area contributed by atoms with Crippen LogP contribution in [0.4, 0.5) is 99.1 Å². The highest BCUT2D eigenvalue weighted by Crippen LogP contribution is 2.20. The van der Waals surface area contributed by atoms with Crippen LogP contribution in [0.1, 0.15) is 35.6 Å². The molecule has 0 aliphatic heterocycles. The lowest BCUT2D eigenvalue weighted by atomic mass is 10.1. The summed E-state index contributed by atoms with van der Waals surface area (Å²) in [6.45, 7) is 6.54. The number of benzene rings is 10. The van der Waals surface area contributed by atoms with Crippen molar-refractivity contribution in [2.24, 2.45) is 0 Å². The number of methoxy groups -OCH3 is 2. The van der Waals surface area contributed by atoms with Crippen molar-refractivity contribution >= 4 is 167 Å². The fourth-order valence-corrected chi connectivity index (χ4v) is 11.1. The van der Waals surface area contributed by atoms with E-state index in [9.17, 15) is 84.5 Å². The van der Waals surface area contributed by atoms with Crippen LogP contribution in [0.25, 0.3) is 0 Å². The van der Waals surface area contributed by atoms with Crippen molar-refractivity contribution in [3.05, 3.63) is 297 Å². The molecule has 10 rings (SSSR count). The minimum absolute atomic E-state index is 0.00698. The number of urea groups is 10. The van der Waals surface area contributed by atoms with E-state index in [0.29, 0.717) is 39.2 Å². The molecule has 20 amide bonds. The Balaban J connectivity index is 0.000000757. The summed E-state index contributed by atoms with van der Waals surface area (Å²) in [7, 11) is 9.00. The number of sulfonamides is 2. The number of aliphatic carboxylic acids is 1. The van der Waals surface area contributed by atoms with E-state index in [1.165, 1.54) is 89.4 Å². The zero-order valence-corrected chi connectivity index (χ0v) is 79.9. The molecule has 0 unspecified atom stereocenters. The maximum Gasteiger partial charge on any atom is 0.328 e. The molecule has 0 saturated heterocycles. The number of carbonyl (C=O) groups is 12. The average Bonchev–Trinajstić information content (AvgIpc) is 0.840. The molecule has 21 N–H and O–H groups in total. The highest BCUT2D eigenvalue weighted by Gasteiger charge is 2.18. The number of carboxylic acid groups (broad SMARTS) is 1. The molecule has 46 heteroatoms. The Morgan fingerprint density at radius 2 is 0.596 bits per heavy atom. The summed E-state index contributed by atoms with van der Waals surface area (Å²) >= 11 is 11.4. The minimum Gasteiger partial charge on any atom is -0.497 e. The van der Waals surface area contributed by atoms with Gasteiger partial charge < -0.3 is 110 Å². The molecule has 10 aromatic rings. The van der Waals surface area contributed by atoms with Crippen LogP contribution < -0.4 is 110 Å². The number of nitro groups is 1. The van der Waals surface area contributed by atoms with Gasteiger partial charge in [-0.3, -0.25) is 19.7 Å². The summed E-state index contributed by atoms with van der Waals surface area (Å²) in [4.78, 5) is 140. The van der Waals surface area contributed by atoms with Gasteiger partial charge in [0.1, 0.15) is 5.75 Å². The molecule has 0 aliphatic rings. The predicted octanol–water partition coefficient (Wildman–Crippen LogP) is 14.1. The highest BCUT2D eigenvalue weighted by atomic mass is 35.5. The number of para-hydroxylation sites is 1. The second-order valence-electron chi connectivity index (χ2n) is 26.3. The van der Waals surface area contributed by atoms with Gasteiger partial charge in [0.05, 0.1) is 41.8 Å². The minimum atomic E-state index is -3.75. The van der Waals surface area contributed by atoms with Crippen LogP contribution in [0.3, 0.4) is 0 Å². The molecule has 136 heavy (non-hydrogen) atoms. The van der Waals surface area contributed by atoms with E-state index in [1.54, 1.807) is 194 Å². The van der Waals surface area contributed by atoms with Crippen LogP contribution in [0.15, 0.2) is 265 Å². The van der Waals surface area contributed by atoms with Gasteiger partial charge >= 0.3 is 72.2 Å². The summed E-state index contributed by atoms with van der Waals surface area (Å²) in [5, 5.41) is 65.2. The molecule has 730 valence electrons. The van der Waals surface area contributed by atoms with Gasteiger partial charge in [-0.15, -0.1) is 0 Å². The lowest BCUT2D eigenvalue weighted by Crippen LogP contribution is -2.37. The van der Waals surface area contributed by atoms with Crippen LogP contribution in [-0.2, 0) is 47.2 Å². The number of hydrogen-bond donors (Lipinski definition) is 21. The first-order chi connectivity index (χ1) is 64.7. The zero-order valence-electron chi connectivity index (χ0n) is 76.7. The quantitative estimate of drug-likeness (QED) is 0.0191. The summed E-state index contributed by atoms with van der Waals surface area (Å²) in [5.41, 5.74) is 9.28. The molecule has 10 aromatic carbocycles. The number of non-ortho nitro benzene ring substituents is 1. The number of carbonyl (C=O) groups excluding carboxylic acids is 11. The number of esters is 1. The van der Waals surface area contributed by atoms with E-state index < -0.39 is 43.0 Å². The van der Waals surface area contributed by atoms with Crippen LogP contribution in [0.5, 0.6) is 5.75 Å². The normalized spacial score (nSPS) is 9.56. The van der Waals surface area contributed by atoms with Gasteiger partial charge in [-0.25, -0.2) is 74.2 Å². The van der Waals surface area contributed by atoms with Crippen molar-refractivity contribution in [1.29, 1.82) is 0 Å². The molecular formula is C90H113Cl2N21O21S2. The second-order valence-corrected chi connectivity index (χ2v) is 30.5. The topological polar surface area (TPSA) is 596 Å². The number of rotatable bonds is 20.